The van der Waals surface area contributed by atoms with Crippen molar-refractivity contribution in [3.63, 3.8) is 0 Å². The van der Waals surface area contributed by atoms with Crippen LogP contribution < -0.4 is 21.3 Å². The third-order valence-electron chi connectivity index (χ3n) is 8.88. The Morgan fingerprint density at radius 1 is 0.944 bits per heavy atom. The number of thioether (sulfide) groups is 2. The SMILES string of the molecule is CCC[C@@H](NC(=O)[C@@H]1CC2(CN1C(=O)[C@@H](NC(=O)OCC(C)(C)C)C(C)(C)C)SCCCS2)C(=O)C(=O)NCC(=O)NC(C(=O)N(C)C)c1ccccc1. The molecular weight excluding hydrogens is 733 g/mol. The Kier molecular flexibility index (Phi) is 15.8. The number of benzene rings is 1. The monoisotopic (exact) mass is 790 g/mol. The molecule has 1 unspecified atom stereocenters. The summed E-state index contributed by atoms with van der Waals surface area (Å²) >= 11 is 3.40. The van der Waals surface area contributed by atoms with E-state index in [-0.39, 0.29) is 30.9 Å². The van der Waals surface area contributed by atoms with Gasteiger partial charge in [0.2, 0.25) is 29.4 Å². The second kappa shape index (κ2) is 19.2. The summed E-state index contributed by atoms with van der Waals surface area (Å²) < 4.78 is 4.97. The van der Waals surface area contributed by atoms with Gasteiger partial charge in [-0.05, 0) is 40.7 Å². The highest BCUT2D eigenvalue weighted by atomic mass is 32.2. The van der Waals surface area contributed by atoms with Gasteiger partial charge in [-0.3, -0.25) is 28.8 Å². The zero-order valence-electron chi connectivity index (χ0n) is 33.0. The summed E-state index contributed by atoms with van der Waals surface area (Å²) in [6.45, 7) is 12.9. The van der Waals surface area contributed by atoms with E-state index >= 15 is 0 Å². The van der Waals surface area contributed by atoms with Crippen LogP contribution in [-0.2, 0) is 33.5 Å². The van der Waals surface area contributed by atoms with Crippen LogP contribution >= 0.6 is 23.5 Å². The fourth-order valence-corrected chi connectivity index (χ4v) is 9.37. The number of nitrogens with one attached hydrogen (secondary N) is 4. The zero-order valence-corrected chi connectivity index (χ0v) is 34.7. The van der Waals surface area contributed by atoms with Crippen LogP contribution in [-0.4, -0.2) is 119 Å². The maximum atomic E-state index is 14.4. The van der Waals surface area contributed by atoms with E-state index < -0.39 is 75.7 Å². The predicted molar refractivity (Wildman–Crippen MR) is 210 cm³/mol. The summed E-state index contributed by atoms with van der Waals surface area (Å²) in [6, 6.07) is 4.42. The first-order chi connectivity index (χ1) is 25.2. The Morgan fingerprint density at radius 3 is 2.13 bits per heavy atom. The molecule has 14 nitrogen and oxygen atoms in total. The zero-order chi connectivity index (χ0) is 40.4. The molecule has 4 atom stereocenters. The van der Waals surface area contributed by atoms with Gasteiger partial charge in [-0.15, -0.1) is 23.5 Å². The highest BCUT2D eigenvalue weighted by Gasteiger charge is 2.53. The van der Waals surface area contributed by atoms with Crippen molar-refractivity contribution in [2.45, 2.75) is 102 Å². The molecule has 54 heavy (non-hydrogen) atoms. The molecule has 1 spiro atoms. The lowest BCUT2D eigenvalue weighted by Crippen LogP contribution is -2.59. The van der Waals surface area contributed by atoms with Crippen LogP contribution in [0.15, 0.2) is 30.3 Å². The first kappa shape index (κ1) is 44.6. The predicted octanol–water partition coefficient (Wildman–Crippen LogP) is 3.26. The van der Waals surface area contributed by atoms with Gasteiger partial charge in [0, 0.05) is 27.1 Å². The average Bonchev–Trinajstić information content (AvgIpc) is 3.48. The van der Waals surface area contributed by atoms with Gasteiger partial charge in [-0.25, -0.2) is 4.79 Å². The number of carbonyl (C=O) groups is 7. The molecule has 0 saturated carbocycles. The molecule has 16 heteroatoms. The highest BCUT2D eigenvalue weighted by Crippen LogP contribution is 2.50. The normalized spacial score (nSPS) is 18.5. The van der Waals surface area contributed by atoms with Crippen molar-refractivity contribution in [3.05, 3.63) is 35.9 Å². The molecular formula is C38H58N6O8S2. The minimum absolute atomic E-state index is 0.138. The van der Waals surface area contributed by atoms with E-state index in [9.17, 15) is 33.6 Å². The number of hydrogen-bond acceptors (Lipinski definition) is 10. The van der Waals surface area contributed by atoms with E-state index in [0.29, 0.717) is 18.4 Å². The van der Waals surface area contributed by atoms with Crippen LogP contribution in [0.1, 0.15) is 85.8 Å². The number of nitrogens with zero attached hydrogens (tertiary/aromatic N) is 2. The first-order valence-electron chi connectivity index (χ1n) is 18.4. The summed E-state index contributed by atoms with van der Waals surface area (Å²) in [5.74, 6) is -2.37. The summed E-state index contributed by atoms with van der Waals surface area (Å²) in [5, 5.41) is 10.4. The number of ether oxygens (including phenoxy) is 1. The third kappa shape index (κ3) is 12.6. The fraction of sp³-hybridized carbons (Fsp3) is 0.658. The van der Waals surface area contributed by atoms with Gasteiger partial charge in [0.15, 0.2) is 0 Å². The topological polar surface area (TPSA) is 183 Å². The largest absolute Gasteiger partial charge is 0.449 e. The smallest absolute Gasteiger partial charge is 0.407 e. The maximum absolute atomic E-state index is 14.4. The van der Waals surface area contributed by atoms with Crippen LogP contribution in [0.2, 0.25) is 0 Å². The molecule has 2 saturated heterocycles. The Balaban J connectivity index is 1.76. The van der Waals surface area contributed by atoms with Gasteiger partial charge in [0.05, 0.1) is 23.3 Å². The summed E-state index contributed by atoms with van der Waals surface area (Å²) in [4.78, 5) is 96.5. The number of ketones is 1. The molecule has 1 aromatic rings. The van der Waals surface area contributed by atoms with Crippen molar-refractivity contribution < 1.29 is 38.3 Å². The molecule has 2 heterocycles. The van der Waals surface area contributed by atoms with Crippen molar-refractivity contribution in [2.75, 3.05) is 45.3 Å². The minimum atomic E-state index is -1.22. The van der Waals surface area contributed by atoms with E-state index in [4.69, 9.17) is 4.74 Å². The van der Waals surface area contributed by atoms with Gasteiger partial charge in [-0.1, -0.05) is 85.2 Å². The van der Waals surface area contributed by atoms with E-state index in [1.165, 1.54) is 9.80 Å². The van der Waals surface area contributed by atoms with Gasteiger partial charge in [0.1, 0.15) is 18.1 Å². The van der Waals surface area contributed by atoms with Gasteiger partial charge < -0.3 is 35.8 Å². The number of amides is 6. The van der Waals surface area contributed by atoms with Crippen LogP contribution in [0.4, 0.5) is 4.79 Å². The van der Waals surface area contributed by atoms with Crippen LogP contribution in [0, 0.1) is 10.8 Å². The van der Waals surface area contributed by atoms with E-state index in [2.05, 4.69) is 21.3 Å². The molecule has 2 fully saturated rings. The van der Waals surface area contributed by atoms with E-state index in [1.807, 2.05) is 41.5 Å². The molecule has 1 aromatic carbocycles. The van der Waals surface area contributed by atoms with Crippen molar-refractivity contribution in [2.24, 2.45) is 10.8 Å². The number of hydrogen-bond donors (Lipinski definition) is 4. The second-order valence-corrected chi connectivity index (χ2v) is 19.5. The number of likely N-dealkylation sites (N-methyl/N-ethyl adjacent to an activating group) is 1. The van der Waals surface area contributed by atoms with Crippen LogP contribution in [0.25, 0.3) is 0 Å². The Hall–Kier alpha value is -3.79. The fourth-order valence-electron chi connectivity index (χ4n) is 6.02. The minimum Gasteiger partial charge on any atom is -0.449 e. The second-order valence-electron chi connectivity index (χ2n) is 16.3. The lowest BCUT2D eigenvalue weighted by Gasteiger charge is -2.36. The molecule has 6 amide bonds. The number of rotatable bonds is 14. The van der Waals surface area contributed by atoms with Crippen LogP contribution in [0.5, 0.6) is 0 Å². The van der Waals surface area contributed by atoms with Crippen LogP contribution in [0.3, 0.4) is 0 Å². The average molecular weight is 791 g/mol. The Morgan fingerprint density at radius 2 is 1.57 bits per heavy atom. The maximum Gasteiger partial charge on any atom is 0.407 e. The van der Waals surface area contributed by atoms with E-state index in [1.54, 1.807) is 74.9 Å². The molecule has 4 N–H and O–H groups in total. The summed E-state index contributed by atoms with van der Waals surface area (Å²) in [7, 11) is 3.12. The number of Topliss-reactive ketones (excluding diaryl/α,β-unsaturated/α-hetero) is 1. The highest BCUT2D eigenvalue weighted by molar-refractivity contribution is 8.18. The summed E-state index contributed by atoms with van der Waals surface area (Å²) in [6.07, 6.45) is 1.17. The Bertz CT molecular complexity index is 1520. The summed E-state index contributed by atoms with van der Waals surface area (Å²) in [5.41, 5.74) is -0.478. The molecule has 3 rings (SSSR count). The van der Waals surface area contributed by atoms with E-state index in [0.717, 1.165) is 17.9 Å². The van der Waals surface area contributed by atoms with Crippen molar-refractivity contribution in [1.82, 2.24) is 31.1 Å². The molecule has 0 bridgehead atoms. The molecule has 0 aliphatic carbocycles. The standard InChI is InChI=1S/C38H58N6O8S2/c1-10-15-25(29(46)32(48)39-21-27(45)41-28(33(49)43(8)9)24-16-12-11-13-17-24)40-31(47)26-20-38(53-18-14-19-54-38)22-44(26)34(50)30(37(5,6)7)42-35(51)52-23-36(2,3)4/h11-13,16-17,25-26,28,30H,10,14-15,18-23H2,1-9H3,(H,39,48)(H,40,47)(H,41,45)(H,42,51)/t25-,26+,28?,30-/m1/s1. The van der Waals surface area contributed by atoms with Crippen molar-refractivity contribution in [1.29, 1.82) is 0 Å². The quantitative estimate of drug-likeness (QED) is 0.204. The number of carbonyl (C=O) groups excluding carboxylic acids is 7. The molecule has 2 aliphatic heterocycles. The molecule has 300 valence electrons. The van der Waals surface area contributed by atoms with Gasteiger partial charge >= 0.3 is 6.09 Å². The number of alkyl carbamates (subject to hydrolysis) is 1. The lowest BCUT2D eigenvalue weighted by atomic mass is 9.85. The van der Waals surface area contributed by atoms with Crippen molar-refractivity contribution in [3.8, 4) is 0 Å². The Labute approximate surface area is 327 Å². The molecule has 0 aromatic heterocycles. The molecule has 0 radical (unpaired) electrons. The third-order valence-corrected chi connectivity index (χ3v) is 12.2. The first-order valence-corrected chi connectivity index (χ1v) is 20.3. The van der Waals surface area contributed by atoms with Gasteiger partial charge in [0.25, 0.3) is 5.91 Å². The number of likely N-dealkylation sites (tertiary alicyclic amines) is 1. The lowest BCUT2D eigenvalue weighted by molar-refractivity contribution is -0.144. The molecule has 2 aliphatic rings. The van der Waals surface area contributed by atoms with Crippen molar-refractivity contribution >= 4 is 64.9 Å². The van der Waals surface area contributed by atoms with Gasteiger partial charge in [-0.2, -0.15) is 0 Å².